The molecule has 0 saturated heterocycles. The standard InChI is InChI=1S/4C18H18O2S.Ge/c4*19-18(20)16-8-11-7-15(16)17(9-11)21-14-6-5-12-3-1-2-4-13(12)10-14;/h4*1-6,10-11,15-17H,7-9H2,(H,19,20);/q;;;;+4/p-4. The number of hydrogen-bond acceptors (Lipinski definition) is 12. The second-order valence-electron chi connectivity index (χ2n) is 25.3. The van der Waals surface area contributed by atoms with Gasteiger partial charge in [-0.05, 0) is 216 Å². The molecule has 0 aromatic heterocycles. The van der Waals surface area contributed by atoms with Gasteiger partial charge in [0.15, 0.2) is 0 Å². The summed E-state index contributed by atoms with van der Waals surface area (Å²) >= 11 is 7.44. The number of aliphatic carboxylic acids is 4. The van der Waals surface area contributed by atoms with Crippen molar-refractivity contribution in [3.63, 3.8) is 0 Å². The van der Waals surface area contributed by atoms with Crippen molar-refractivity contribution < 1.29 is 39.6 Å². The first-order chi connectivity index (χ1) is 40.8. The molecule has 13 heteroatoms. The van der Waals surface area contributed by atoms with Gasteiger partial charge in [0, 0.05) is 88.1 Å². The zero-order valence-corrected chi connectivity index (χ0v) is 52.7. The molecular weight excluding hydrogens is 1190 g/mol. The average Bonchev–Trinajstić information content (AvgIpc) is 3.91. The molecule has 8 aromatic carbocycles. The number of carbonyl (C=O) groups excluding carboxylic acids is 4. The quantitative estimate of drug-likeness (QED) is 0.107. The summed E-state index contributed by atoms with van der Waals surface area (Å²) in [5.74, 6) is -0.665. The molecule has 8 aliphatic rings. The van der Waals surface area contributed by atoms with Crippen LogP contribution in [-0.4, -0.2) is 62.5 Å². The molecule has 0 aliphatic heterocycles. The van der Waals surface area contributed by atoms with Gasteiger partial charge < -0.3 is 39.6 Å². The van der Waals surface area contributed by atoms with Crippen LogP contribution in [0.25, 0.3) is 43.1 Å². The maximum Gasteiger partial charge on any atom is 4.00 e. The number of rotatable bonds is 12. The Hall–Kier alpha value is -5.38. The molecule has 0 amide bonds. The van der Waals surface area contributed by atoms with Crippen LogP contribution in [0.3, 0.4) is 0 Å². The van der Waals surface area contributed by atoms with E-state index in [0.29, 0.717) is 68.3 Å². The topological polar surface area (TPSA) is 161 Å². The van der Waals surface area contributed by atoms with Crippen LogP contribution >= 0.6 is 47.0 Å². The van der Waals surface area contributed by atoms with Crippen molar-refractivity contribution in [3.05, 3.63) is 170 Å². The van der Waals surface area contributed by atoms with E-state index in [4.69, 9.17) is 0 Å². The van der Waals surface area contributed by atoms with Gasteiger partial charge in [0.2, 0.25) is 0 Å². The van der Waals surface area contributed by atoms with Gasteiger partial charge >= 0.3 is 17.6 Å². The summed E-state index contributed by atoms with van der Waals surface area (Å²) in [6, 6.07) is 59.6. The predicted molar refractivity (Wildman–Crippen MR) is 337 cm³/mol. The van der Waals surface area contributed by atoms with E-state index in [0.717, 1.165) is 77.0 Å². The van der Waals surface area contributed by atoms with Crippen LogP contribution in [-0.2, 0) is 19.2 Å². The Morgan fingerprint density at radius 3 is 0.659 bits per heavy atom. The van der Waals surface area contributed by atoms with Gasteiger partial charge in [-0.3, -0.25) is 0 Å². The van der Waals surface area contributed by atoms with E-state index in [1.54, 1.807) is 0 Å². The van der Waals surface area contributed by atoms with Crippen LogP contribution in [0.2, 0.25) is 0 Å². The Morgan fingerprint density at radius 2 is 0.471 bits per heavy atom. The van der Waals surface area contributed by atoms with E-state index in [9.17, 15) is 39.6 Å². The predicted octanol–water partition coefficient (Wildman–Crippen LogP) is 12.0. The van der Waals surface area contributed by atoms with Gasteiger partial charge in [-0.25, -0.2) is 0 Å². The number of thioether (sulfide) groups is 4. The molecule has 8 fully saturated rings. The van der Waals surface area contributed by atoms with Crippen molar-refractivity contribution in [2.24, 2.45) is 71.0 Å². The van der Waals surface area contributed by atoms with Crippen molar-refractivity contribution >= 4 is 132 Å². The van der Waals surface area contributed by atoms with Crippen LogP contribution in [0.1, 0.15) is 77.0 Å². The number of fused-ring (bicyclic) bond motifs is 12. The number of carboxylic acid groups (broad SMARTS) is 4. The van der Waals surface area contributed by atoms with Gasteiger partial charge in [-0.1, -0.05) is 121 Å². The summed E-state index contributed by atoms with van der Waals surface area (Å²) in [4.78, 5) is 50.0. The van der Waals surface area contributed by atoms with E-state index < -0.39 is 23.9 Å². The molecule has 8 nitrogen and oxygen atoms in total. The van der Waals surface area contributed by atoms with E-state index in [2.05, 4.69) is 170 Å². The van der Waals surface area contributed by atoms with E-state index in [1.165, 1.54) is 62.7 Å². The van der Waals surface area contributed by atoms with Crippen LogP contribution in [0.4, 0.5) is 0 Å². The van der Waals surface area contributed by atoms with Gasteiger partial charge in [0.25, 0.3) is 0 Å². The van der Waals surface area contributed by atoms with Crippen molar-refractivity contribution in [2.75, 3.05) is 0 Å². The number of carbonyl (C=O) groups is 4. The average molecular weight is 1260 g/mol. The van der Waals surface area contributed by atoms with Crippen molar-refractivity contribution in [1.82, 2.24) is 0 Å². The SMILES string of the molecule is O=C([O-])C1CC2CC(Sc3ccc4ccccc4c3)C1C2.O=C([O-])C1CC2CC(Sc3ccc4ccccc4c3)C1C2.O=C([O-])C1CC2CC(Sc3ccc4ccccc4c3)C1C2.O=C([O-])C1CC2CC(Sc3ccc4ccccc4c3)C1C2.[Ge+4]. The van der Waals surface area contributed by atoms with Crippen LogP contribution < -0.4 is 20.4 Å². The third-order valence-electron chi connectivity index (χ3n) is 20.3. The van der Waals surface area contributed by atoms with Gasteiger partial charge in [-0.15, -0.1) is 47.0 Å². The minimum atomic E-state index is -0.841. The molecule has 0 N–H and O–H groups in total. The van der Waals surface area contributed by atoms with Crippen LogP contribution in [0, 0.1) is 71.0 Å². The van der Waals surface area contributed by atoms with Gasteiger partial charge in [0.05, 0.1) is 0 Å². The van der Waals surface area contributed by atoms with Crippen molar-refractivity contribution in [3.8, 4) is 0 Å². The fourth-order valence-corrected chi connectivity index (χ4v) is 22.6. The van der Waals surface area contributed by atoms with E-state index in [1.807, 2.05) is 47.0 Å². The minimum Gasteiger partial charge on any atom is -0.550 e. The fraction of sp³-hybridized carbons (Fsp3) is 0.389. The summed E-state index contributed by atoms with van der Waals surface area (Å²) in [6.07, 6.45) is 12.3. The molecule has 16 atom stereocenters. The van der Waals surface area contributed by atoms with Crippen LogP contribution in [0.15, 0.2) is 189 Å². The Morgan fingerprint density at radius 1 is 0.271 bits per heavy atom. The molecule has 8 aromatic rings. The molecule has 16 rings (SSSR count). The zero-order valence-electron chi connectivity index (χ0n) is 47.3. The normalized spacial score (nSPS) is 30.5. The fourth-order valence-electron chi connectivity index (χ4n) is 16.4. The first-order valence-corrected chi connectivity index (χ1v) is 33.8. The number of carboxylic acids is 4. The molecule has 432 valence electrons. The summed E-state index contributed by atoms with van der Waals surface area (Å²) in [5, 5.41) is 56.7. The molecule has 8 aliphatic carbocycles. The Balaban J connectivity index is 0.000000111. The largest absolute Gasteiger partial charge is 4.00 e. The van der Waals surface area contributed by atoms with E-state index in [-0.39, 0.29) is 41.3 Å². The second kappa shape index (κ2) is 26.1. The Labute approximate surface area is 525 Å². The number of benzene rings is 8. The minimum absolute atomic E-state index is 0. The summed E-state index contributed by atoms with van der Waals surface area (Å²) in [7, 11) is 0. The molecule has 8 saturated carbocycles. The van der Waals surface area contributed by atoms with Crippen molar-refractivity contribution in [2.45, 2.75) is 118 Å². The molecule has 0 heterocycles. The number of hydrogen-bond donors (Lipinski definition) is 0. The maximum atomic E-state index is 11.2. The molecule has 16 unspecified atom stereocenters. The molecule has 0 spiro atoms. The van der Waals surface area contributed by atoms with E-state index >= 15 is 0 Å². The first kappa shape index (κ1) is 59.9. The van der Waals surface area contributed by atoms with Gasteiger partial charge in [-0.2, -0.15) is 0 Å². The Kier molecular flexibility index (Phi) is 18.4. The molecule has 8 bridgehead atoms. The molecule has 0 radical (unpaired) electrons. The smallest absolute Gasteiger partial charge is 0.550 e. The second-order valence-corrected chi connectivity index (χ2v) is 30.6. The van der Waals surface area contributed by atoms with Gasteiger partial charge in [0.1, 0.15) is 0 Å². The maximum absolute atomic E-state index is 11.2. The Bertz CT molecular complexity index is 3280. The zero-order chi connectivity index (χ0) is 57.6. The molecule has 85 heavy (non-hydrogen) atoms. The first-order valence-electron chi connectivity index (χ1n) is 30.3. The summed E-state index contributed by atoms with van der Waals surface area (Å²) in [6.45, 7) is 0. The third-order valence-corrected chi connectivity index (χ3v) is 25.7. The summed E-state index contributed by atoms with van der Waals surface area (Å²) < 4.78 is 0. The monoisotopic (exact) mass is 1260 g/mol. The van der Waals surface area contributed by atoms with Crippen LogP contribution in [0.5, 0.6) is 0 Å². The summed E-state index contributed by atoms with van der Waals surface area (Å²) in [5.41, 5.74) is 0. The van der Waals surface area contributed by atoms with Crippen molar-refractivity contribution in [1.29, 1.82) is 0 Å². The molecular formula is C72H68GeO8S4. The third kappa shape index (κ3) is 13.3.